The summed E-state index contributed by atoms with van der Waals surface area (Å²) in [6.45, 7) is 4.73. The van der Waals surface area contributed by atoms with E-state index in [1.165, 1.54) is 17.5 Å². The molecule has 0 atom stereocenters. The zero-order valence-corrected chi connectivity index (χ0v) is 15.1. The molecule has 21 heavy (non-hydrogen) atoms. The van der Waals surface area contributed by atoms with Crippen LogP contribution in [-0.4, -0.2) is 24.2 Å². The maximum atomic E-state index is 12.4. The lowest BCUT2D eigenvalue weighted by Crippen LogP contribution is -2.21. The standard InChI is InChI=1S/C12H17BrN4O2S2/c1-8(2)14-6-10-4-11(12(13)20-10)21(18,19)16-9-5-15-17(3)7-9/h4-5,7-8,14,16H,6H2,1-3H3. The van der Waals surface area contributed by atoms with Gasteiger partial charge in [-0.15, -0.1) is 11.3 Å². The number of nitrogens with one attached hydrogen (secondary N) is 2. The first kappa shape index (κ1) is 16.5. The second-order valence-corrected chi connectivity index (χ2v) is 9.00. The Morgan fingerprint density at radius 2 is 2.19 bits per heavy atom. The average molecular weight is 393 g/mol. The molecule has 0 amide bonds. The van der Waals surface area contributed by atoms with E-state index in [2.05, 4.69) is 31.1 Å². The minimum atomic E-state index is -3.62. The van der Waals surface area contributed by atoms with Gasteiger partial charge in [-0.3, -0.25) is 9.40 Å². The first-order valence-electron chi connectivity index (χ1n) is 6.31. The number of halogens is 1. The predicted octanol–water partition coefficient (Wildman–Crippen LogP) is 2.54. The molecule has 0 spiro atoms. The quantitative estimate of drug-likeness (QED) is 0.791. The summed E-state index contributed by atoms with van der Waals surface area (Å²) < 4.78 is 29.4. The van der Waals surface area contributed by atoms with E-state index >= 15 is 0 Å². The van der Waals surface area contributed by atoms with E-state index in [-0.39, 0.29) is 4.90 Å². The van der Waals surface area contributed by atoms with Gasteiger partial charge in [-0.25, -0.2) is 8.42 Å². The van der Waals surface area contributed by atoms with Crippen molar-refractivity contribution in [3.05, 3.63) is 27.1 Å². The Labute approximate surface area is 136 Å². The fourth-order valence-electron chi connectivity index (χ4n) is 1.66. The number of hydrogen-bond acceptors (Lipinski definition) is 5. The van der Waals surface area contributed by atoms with Crippen LogP contribution >= 0.6 is 27.3 Å². The number of rotatable bonds is 6. The number of aromatic nitrogens is 2. The van der Waals surface area contributed by atoms with Gasteiger partial charge >= 0.3 is 0 Å². The highest BCUT2D eigenvalue weighted by Gasteiger charge is 2.21. The maximum absolute atomic E-state index is 12.4. The fraction of sp³-hybridized carbons (Fsp3) is 0.417. The van der Waals surface area contributed by atoms with Crippen molar-refractivity contribution < 1.29 is 8.42 Å². The number of anilines is 1. The highest BCUT2D eigenvalue weighted by atomic mass is 79.9. The summed E-state index contributed by atoms with van der Waals surface area (Å²) in [6.07, 6.45) is 3.08. The van der Waals surface area contributed by atoms with Crippen LogP contribution in [0.15, 0.2) is 27.1 Å². The molecule has 2 aromatic heterocycles. The Balaban J connectivity index is 2.19. The third-order valence-corrected chi connectivity index (χ3v) is 6.27. The third kappa shape index (κ3) is 4.29. The summed E-state index contributed by atoms with van der Waals surface area (Å²) in [6, 6.07) is 2.03. The van der Waals surface area contributed by atoms with Gasteiger partial charge in [-0.1, -0.05) is 13.8 Å². The van der Waals surface area contributed by atoms with Crippen LogP contribution in [0.2, 0.25) is 0 Å². The number of sulfonamides is 1. The molecule has 0 saturated heterocycles. The van der Waals surface area contributed by atoms with Crippen molar-refractivity contribution in [2.75, 3.05) is 4.72 Å². The average Bonchev–Trinajstić information content (AvgIpc) is 2.93. The van der Waals surface area contributed by atoms with E-state index in [0.717, 1.165) is 4.88 Å². The number of hydrogen-bond donors (Lipinski definition) is 2. The van der Waals surface area contributed by atoms with Crippen LogP contribution in [0.4, 0.5) is 5.69 Å². The zero-order chi connectivity index (χ0) is 15.6. The highest BCUT2D eigenvalue weighted by molar-refractivity contribution is 9.11. The molecule has 0 radical (unpaired) electrons. The lowest BCUT2D eigenvalue weighted by Gasteiger charge is -2.05. The molecule has 116 valence electrons. The van der Waals surface area contributed by atoms with E-state index in [4.69, 9.17) is 0 Å². The molecule has 0 aromatic carbocycles. The van der Waals surface area contributed by atoms with Gasteiger partial charge in [-0.2, -0.15) is 5.10 Å². The Bertz CT molecular complexity index is 721. The van der Waals surface area contributed by atoms with Crippen LogP contribution in [-0.2, 0) is 23.6 Å². The first-order chi connectivity index (χ1) is 9.78. The van der Waals surface area contributed by atoms with Gasteiger partial charge in [0.2, 0.25) is 0 Å². The Morgan fingerprint density at radius 3 is 2.76 bits per heavy atom. The zero-order valence-electron chi connectivity index (χ0n) is 11.9. The van der Waals surface area contributed by atoms with Gasteiger partial charge < -0.3 is 5.32 Å². The molecule has 6 nitrogen and oxygen atoms in total. The van der Waals surface area contributed by atoms with E-state index in [1.54, 1.807) is 24.0 Å². The molecule has 0 fully saturated rings. The summed E-state index contributed by atoms with van der Waals surface area (Å²) in [5.41, 5.74) is 0.442. The summed E-state index contributed by atoms with van der Waals surface area (Å²) in [5, 5.41) is 7.21. The number of thiophene rings is 1. The second-order valence-electron chi connectivity index (χ2n) is 4.89. The maximum Gasteiger partial charge on any atom is 0.263 e. The van der Waals surface area contributed by atoms with Crippen LogP contribution in [0.1, 0.15) is 18.7 Å². The van der Waals surface area contributed by atoms with Crippen LogP contribution < -0.4 is 10.0 Å². The molecule has 0 saturated carbocycles. The SMILES string of the molecule is CC(C)NCc1cc(S(=O)(=O)Nc2cnn(C)c2)c(Br)s1. The van der Waals surface area contributed by atoms with Crippen LogP contribution in [0.3, 0.4) is 0 Å². The van der Waals surface area contributed by atoms with Crippen LogP contribution in [0.25, 0.3) is 0 Å². The topological polar surface area (TPSA) is 76.0 Å². The molecular formula is C12H17BrN4O2S2. The smallest absolute Gasteiger partial charge is 0.263 e. The number of nitrogens with zero attached hydrogens (tertiary/aromatic N) is 2. The first-order valence-corrected chi connectivity index (χ1v) is 9.40. The highest BCUT2D eigenvalue weighted by Crippen LogP contribution is 2.32. The minimum absolute atomic E-state index is 0.247. The van der Waals surface area contributed by atoms with Gasteiger partial charge in [0.15, 0.2) is 0 Å². The molecule has 2 N–H and O–H groups in total. The van der Waals surface area contributed by atoms with Gasteiger partial charge in [-0.05, 0) is 22.0 Å². The van der Waals surface area contributed by atoms with E-state index < -0.39 is 10.0 Å². The van der Waals surface area contributed by atoms with Gasteiger partial charge in [0.1, 0.15) is 4.90 Å². The normalized spacial score (nSPS) is 12.0. The molecule has 2 heterocycles. The predicted molar refractivity (Wildman–Crippen MR) is 88.0 cm³/mol. The van der Waals surface area contributed by atoms with Crippen molar-refractivity contribution in [1.29, 1.82) is 0 Å². The van der Waals surface area contributed by atoms with Crippen molar-refractivity contribution in [2.45, 2.75) is 31.3 Å². The largest absolute Gasteiger partial charge is 0.310 e. The summed E-state index contributed by atoms with van der Waals surface area (Å²) in [5.74, 6) is 0. The van der Waals surface area contributed by atoms with Gasteiger partial charge in [0.25, 0.3) is 10.0 Å². The van der Waals surface area contributed by atoms with E-state index in [0.29, 0.717) is 22.1 Å². The molecule has 2 aromatic rings. The van der Waals surface area contributed by atoms with Gasteiger partial charge in [0.05, 0.1) is 15.7 Å². The molecule has 0 bridgehead atoms. The summed E-state index contributed by atoms with van der Waals surface area (Å²) >= 11 is 4.74. The summed E-state index contributed by atoms with van der Waals surface area (Å²) in [7, 11) is -1.89. The van der Waals surface area contributed by atoms with Crippen molar-refractivity contribution in [3.8, 4) is 0 Å². The van der Waals surface area contributed by atoms with E-state index in [1.807, 2.05) is 13.8 Å². The minimum Gasteiger partial charge on any atom is -0.310 e. The molecule has 0 aliphatic carbocycles. The Morgan fingerprint density at radius 1 is 1.48 bits per heavy atom. The molecular weight excluding hydrogens is 376 g/mol. The van der Waals surface area contributed by atoms with Crippen molar-refractivity contribution in [1.82, 2.24) is 15.1 Å². The van der Waals surface area contributed by atoms with Crippen molar-refractivity contribution in [3.63, 3.8) is 0 Å². The lowest BCUT2D eigenvalue weighted by molar-refractivity contribution is 0.592. The molecule has 0 unspecified atom stereocenters. The van der Waals surface area contributed by atoms with Gasteiger partial charge in [0, 0.05) is 30.7 Å². The monoisotopic (exact) mass is 392 g/mol. The molecule has 2 rings (SSSR count). The fourth-order valence-corrected chi connectivity index (χ4v) is 5.32. The van der Waals surface area contributed by atoms with Crippen LogP contribution in [0.5, 0.6) is 0 Å². The summed E-state index contributed by atoms with van der Waals surface area (Å²) in [4.78, 5) is 1.21. The molecule has 0 aliphatic rings. The van der Waals surface area contributed by atoms with E-state index in [9.17, 15) is 8.42 Å². The number of aryl methyl sites for hydroxylation is 1. The molecule has 0 aliphatic heterocycles. The van der Waals surface area contributed by atoms with Crippen molar-refractivity contribution in [2.24, 2.45) is 7.05 Å². The lowest BCUT2D eigenvalue weighted by atomic mass is 10.4. The Kier molecular flexibility index (Phi) is 5.07. The Hall–Kier alpha value is -0.900. The van der Waals surface area contributed by atoms with Crippen molar-refractivity contribution >= 4 is 43.0 Å². The second kappa shape index (κ2) is 6.47. The third-order valence-electron chi connectivity index (χ3n) is 2.64. The molecule has 9 heteroatoms. The van der Waals surface area contributed by atoms with Crippen LogP contribution in [0, 0.1) is 0 Å².